The van der Waals surface area contributed by atoms with Gasteiger partial charge in [0.2, 0.25) is 11.9 Å². The van der Waals surface area contributed by atoms with Gasteiger partial charge in [-0.05, 0) is 62.1 Å². The Morgan fingerprint density at radius 1 is 1.00 bits per heavy atom. The van der Waals surface area contributed by atoms with Gasteiger partial charge in [-0.3, -0.25) is 4.79 Å². The lowest BCUT2D eigenvalue weighted by atomic mass is 9.91. The molecule has 0 spiro atoms. The molecular weight excluding hydrogens is 417 g/mol. The predicted molar refractivity (Wildman–Crippen MR) is 119 cm³/mol. The molecule has 6 nitrogen and oxygen atoms in total. The number of amides is 1. The number of pyridine rings is 1. The minimum atomic E-state index is -0.291. The third kappa shape index (κ3) is 5.35. The zero-order chi connectivity index (χ0) is 21.8. The highest BCUT2D eigenvalue weighted by atomic mass is 35.5. The Morgan fingerprint density at radius 3 is 2.39 bits per heavy atom. The van der Waals surface area contributed by atoms with Crippen molar-refractivity contribution in [3.63, 3.8) is 0 Å². The van der Waals surface area contributed by atoms with E-state index in [1.165, 1.54) is 12.1 Å². The Balaban J connectivity index is 1.50. The first-order chi connectivity index (χ1) is 15.0. The number of hydrogen-bond acceptors (Lipinski definition) is 5. The largest absolute Gasteiger partial charge is 0.354 e. The van der Waals surface area contributed by atoms with Crippen LogP contribution >= 0.6 is 11.6 Å². The van der Waals surface area contributed by atoms with E-state index in [1.54, 1.807) is 25.3 Å². The third-order valence-electron chi connectivity index (χ3n) is 5.34. The molecule has 8 heteroatoms. The molecule has 1 aromatic carbocycles. The Morgan fingerprint density at radius 2 is 1.68 bits per heavy atom. The number of halogens is 2. The van der Waals surface area contributed by atoms with Gasteiger partial charge in [-0.25, -0.2) is 19.3 Å². The monoisotopic (exact) mass is 439 g/mol. The number of carbonyl (C=O) groups is 1. The van der Waals surface area contributed by atoms with Crippen LogP contribution in [-0.4, -0.2) is 32.9 Å². The molecule has 0 aliphatic heterocycles. The normalized spacial score (nSPS) is 18.4. The van der Waals surface area contributed by atoms with Crippen molar-refractivity contribution in [2.75, 3.05) is 5.32 Å². The van der Waals surface area contributed by atoms with Crippen LogP contribution in [0.2, 0.25) is 5.02 Å². The summed E-state index contributed by atoms with van der Waals surface area (Å²) in [6, 6.07) is 12.2. The summed E-state index contributed by atoms with van der Waals surface area (Å²) >= 11 is 6.38. The average Bonchev–Trinajstić information content (AvgIpc) is 2.77. The Kier molecular flexibility index (Phi) is 6.42. The van der Waals surface area contributed by atoms with Crippen molar-refractivity contribution < 1.29 is 9.18 Å². The van der Waals surface area contributed by atoms with Gasteiger partial charge in [-0.2, -0.15) is 0 Å². The number of hydrogen-bond donors (Lipinski definition) is 2. The van der Waals surface area contributed by atoms with Crippen LogP contribution in [0.5, 0.6) is 0 Å². The van der Waals surface area contributed by atoms with Gasteiger partial charge in [-0.15, -0.1) is 0 Å². The van der Waals surface area contributed by atoms with Gasteiger partial charge in [0.05, 0.1) is 22.6 Å². The molecule has 1 saturated carbocycles. The predicted octanol–water partition coefficient (Wildman–Crippen LogP) is 4.86. The van der Waals surface area contributed by atoms with Gasteiger partial charge >= 0.3 is 0 Å². The number of benzene rings is 1. The van der Waals surface area contributed by atoms with Crippen molar-refractivity contribution in [3.05, 3.63) is 59.5 Å². The van der Waals surface area contributed by atoms with E-state index in [-0.39, 0.29) is 23.8 Å². The first-order valence-electron chi connectivity index (χ1n) is 10.3. The number of nitrogens with zero attached hydrogens (tertiary/aromatic N) is 3. The van der Waals surface area contributed by atoms with Crippen LogP contribution in [0.15, 0.2) is 48.7 Å². The van der Waals surface area contributed by atoms with E-state index in [0.29, 0.717) is 28.1 Å². The van der Waals surface area contributed by atoms with Crippen molar-refractivity contribution in [2.45, 2.75) is 44.7 Å². The quantitative estimate of drug-likeness (QED) is 0.593. The zero-order valence-corrected chi connectivity index (χ0v) is 17.9. The molecule has 160 valence electrons. The second-order valence-electron chi connectivity index (χ2n) is 7.70. The minimum Gasteiger partial charge on any atom is -0.354 e. The molecule has 1 aliphatic rings. The summed E-state index contributed by atoms with van der Waals surface area (Å²) in [5.41, 5.74) is 2.67. The fourth-order valence-corrected chi connectivity index (χ4v) is 4.00. The third-order valence-corrected chi connectivity index (χ3v) is 5.62. The molecule has 0 saturated heterocycles. The molecule has 0 unspecified atom stereocenters. The lowest BCUT2D eigenvalue weighted by Crippen LogP contribution is -2.39. The summed E-state index contributed by atoms with van der Waals surface area (Å²) in [7, 11) is 0. The van der Waals surface area contributed by atoms with Gasteiger partial charge in [0.15, 0.2) is 0 Å². The van der Waals surface area contributed by atoms with Crippen LogP contribution in [0, 0.1) is 5.82 Å². The van der Waals surface area contributed by atoms with Crippen LogP contribution in [0.4, 0.5) is 10.3 Å². The lowest BCUT2D eigenvalue weighted by molar-refractivity contribution is -0.119. The topological polar surface area (TPSA) is 79.8 Å². The molecule has 1 amide bonds. The Bertz CT molecular complexity index is 1070. The summed E-state index contributed by atoms with van der Waals surface area (Å²) < 4.78 is 13.2. The molecule has 2 aromatic heterocycles. The van der Waals surface area contributed by atoms with Crippen LogP contribution < -0.4 is 10.6 Å². The summed E-state index contributed by atoms with van der Waals surface area (Å²) in [6.07, 6.45) is 5.24. The van der Waals surface area contributed by atoms with E-state index >= 15 is 0 Å². The van der Waals surface area contributed by atoms with Crippen molar-refractivity contribution in [1.82, 2.24) is 20.3 Å². The van der Waals surface area contributed by atoms with Crippen molar-refractivity contribution >= 4 is 23.5 Å². The number of carbonyl (C=O) groups excluding carboxylic acids is 1. The fraction of sp³-hybridized carbons (Fsp3) is 0.304. The molecule has 1 aliphatic carbocycles. The van der Waals surface area contributed by atoms with E-state index in [0.717, 1.165) is 31.2 Å². The Labute approximate surface area is 185 Å². The molecule has 0 atom stereocenters. The van der Waals surface area contributed by atoms with E-state index in [4.69, 9.17) is 11.6 Å². The maximum atomic E-state index is 13.2. The van der Waals surface area contributed by atoms with E-state index in [1.807, 2.05) is 18.2 Å². The molecule has 1 fully saturated rings. The SMILES string of the molecule is CC(=O)N[C@H]1CC[C@H](Nc2ncc(Cl)c(-c3cccc(-c4ccc(F)cc4)n3)n2)CC1. The minimum absolute atomic E-state index is 0.0115. The molecule has 0 radical (unpaired) electrons. The highest BCUT2D eigenvalue weighted by Gasteiger charge is 2.22. The molecule has 2 heterocycles. The first-order valence-corrected chi connectivity index (χ1v) is 10.7. The maximum Gasteiger partial charge on any atom is 0.223 e. The van der Waals surface area contributed by atoms with Gasteiger partial charge in [0.25, 0.3) is 0 Å². The van der Waals surface area contributed by atoms with Crippen LogP contribution in [0.3, 0.4) is 0 Å². The summed E-state index contributed by atoms with van der Waals surface area (Å²) in [4.78, 5) is 24.8. The zero-order valence-electron chi connectivity index (χ0n) is 17.1. The number of aromatic nitrogens is 3. The average molecular weight is 440 g/mol. The van der Waals surface area contributed by atoms with Gasteiger partial charge in [0, 0.05) is 24.6 Å². The standard InChI is InChI=1S/C23H23ClFN5O/c1-14(31)27-17-9-11-18(12-10-17)28-23-26-13-19(24)22(30-23)21-4-2-3-20(29-21)15-5-7-16(25)8-6-15/h2-8,13,17-18H,9-12H2,1H3,(H,27,31)(H,26,28,30)/t17-,18-. The molecular formula is C23H23ClFN5O. The Hall–Kier alpha value is -3.06. The van der Waals surface area contributed by atoms with Gasteiger partial charge < -0.3 is 10.6 Å². The maximum absolute atomic E-state index is 13.2. The van der Waals surface area contributed by atoms with Gasteiger partial charge in [-0.1, -0.05) is 17.7 Å². The summed E-state index contributed by atoms with van der Waals surface area (Å²) in [5.74, 6) is 0.217. The molecule has 4 rings (SSSR count). The number of nitrogens with one attached hydrogen (secondary N) is 2. The highest BCUT2D eigenvalue weighted by Crippen LogP contribution is 2.28. The second-order valence-corrected chi connectivity index (χ2v) is 8.11. The van der Waals surface area contributed by atoms with Crippen LogP contribution in [0.1, 0.15) is 32.6 Å². The fourth-order valence-electron chi connectivity index (χ4n) is 3.82. The van der Waals surface area contributed by atoms with Crippen molar-refractivity contribution in [3.8, 4) is 22.6 Å². The smallest absolute Gasteiger partial charge is 0.223 e. The molecule has 31 heavy (non-hydrogen) atoms. The highest BCUT2D eigenvalue weighted by molar-refractivity contribution is 6.32. The molecule has 3 aromatic rings. The summed E-state index contributed by atoms with van der Waals surface area (Å²) in [6.45, 7) is 1.55. The van der Waals surface area contributed by atoms with E-state index in [9.17, 15) is 9.18 Å². The van der Waals surface area contributed by atoms with Crippen LogP contribution in [-0.2, 0) is 4.79 Å². The first kappa shape index (κ1) is 21.2. The lowest BCUT2D eigenvalue weighted by Gasteiger charge is -2.29. The van der Waals surface area contributed by atoms with Gasteiger partial charge in [0.1, 0.15) is 11.5 Å². The van der Waals surface area contributed by atoms with Crippen molar-refractivity contribution in [2.24, 2.45) is 0 Å². The van der Waals surface area contributed by atoms with E-state index < -0.39 is 0 Å². The number of rotatable bonds is 5. The van der Waals surface area contributed by atoms with Crippen molar-refractivity contribution in [1.29, 1.82) is 0 Å². The second kappa shape index (κ2) is 9.39. The molecule has 2 N–H and O–H groups in total. The summed E-state index contributed by atoms with van der Waals surface area (Å²) in [5, 5.41) is 6.77. The number of anilines is 1. The van der Waals surface area contributed by atoms with Crippen LogP contribution in [0.25, 0.3) is 22.6 Å². The molecule has 0 bridgehead atoms. The van der Waals surface area contributed by atoms with E-state index in [2.05, 4.69) is 25.6 Å².